The van der Waals surface area contributed by atoms with Gasteiger partial charge >= 0.3 is 0 Å². The maximum Gasteiger partial charge on any atom is 0.224 e. The maximum atomic E-state index is 10.1. The smallest absolute Gasteiger partial charge is 0.224 e. The quantitative estimate of drug-likeness (QED) is 0.751. The first kappa shape index (κ1) is 15.8. The number of aliphatic hydroxyl groups excluding tert-OH is 1. The Morgan fingerprint density at radius 2 is 2.30 bits per heavy atom. The van der Waals surface area contributed by atoms with Crippen molar-refractivity contribution in [3.05, 3.63) is 35.9 Å². The van der Waals surface area contributed by atoms with Crippen LogP contribution >= 0.6 is 0 Å². The van der Waals surface area contributed by atoms with Crippen molar-refractivity contribution in [1.82, 2.24) is 9.97 Å². The molecule has 2 aromatic heterocycles. The first-order chi connectivity index (χ1) is 11.2. The fourth-order valence-corrected chi connectivity index (χ4v) is 2.51. The van der Waals surface area contributed by atoms with Crippen molar-refractivity contribution < 1.29 is 14.3 Å². The molecule has 0 amide bonds. The summed E-state index contributed by atoms with van der Waals surface area (Å²) in [4.78, 5) is 8.58. The van der Waals surface area contributed by atoms with Gasteiger partial charge in [-0.15, -0.1) is 0 Å². The lowest BCUT2D eigenvalue weighted by molar-refractivity contribution is 0.0875. The number of ether oxygens (including phenoxy) is 1. The molecule has 0 saturated carbocycles. The summed E-state index contributed by atoms with van der Waals surface area (Å²) in [6.45, 7) is 3.65. The molecule has 7 heteroatoms. The normalized spacial score (nSPS) is 19.3. The Balaban J connectivity index is 1.54. The van der Waals surface area contributed by atoms with Crippen LogP contribution in [0.4, 0.5) is 11.8 Å². The highest BCUT2D eigenvalue weighted by molar-refractivity contribution is 5.40. The number of furan rings is 1. The lowest BCUT2D eigenvalue weighted by Gasteiger charge is -2.23. The third-order valence-corrected chi connectivity index (χ3v) is 3.71. The predicted molar refractivity (Wildman–Crippen MR) is 86.4 cm³/mol. The molecule has 0 aromatic carbocycles. The van der Waals surface area contributed by atoms with Crippen molar-refractivity contribution in [3.63, 3.8) is 0 Å². The van der Waals surface area contributed by atoms with Crippen LogP contribution in [-0.2, 0) is 4.74 Å². The van der Waals surface area contributed by atoms with Gasteiger partial charge in [-0.1, -0.05) is 0 Å². The standard InChI is InChI=1S/C16H22N4O3/c1-11-4-5-14(23-11)13(21)9-18-16-17-7-6-15(20-16)19-12-3-2-8-22-10-12/h4-7,12-13,21H,2-3,8-10H2,1H3,(H2,17,18,19,20)/t12-,13+/m1/s1. The van der Waals surface area contributed by atoms with E-state index in [1.807, 2.05) is 19.1 Å². The molecule has 7 nitrogen and oxygen atoms in total. The van der Waals surface area contributed by atoms with E-state index in [1.54, 1.807) is 12.3 Å². The minimum Gasteiger partial charge on any atom is -0.464 e. The molecule has 3 rings (SSSR count). The number of rotatable bonds is 6. The van der Waals surface area contributed by atoms with E-state index in [0.717, 1.165) is 31.0 Å². The van der Waals surface area contributed by atoms with E-state index in [0.29, 0.717) is 18.3 Å². The number of aryl methyl sites for hydroxylation is 1. The molecule has 0 spiro atoms. The Morgan fingerprint density at radius 1 is 1.39 bits per heavy atom. The summed E-state index contributed by atoms with van der Waals surface area (Å²) < 4.78 is 10.9. The van der Waals surface area contributed by atoms with Crippen LogP contribution in [0.2, 0.25) is 0 Å². The van der Waals surface area contributed by atoms with Crippen LogP contribution in [0, 0.1) is 6.92 Å². The average Bonchev–Trinajstić information content (AvgIpc) is 3.01. The molecule has 1 fully saturated rings. The molecule has 124 valence electrons. The predicted octanol–water partition coefficient (Wildman–Crippen LogP) is 2.11. The molecular weight excluding hydrogens is 296 g/mol. The van der Waals surface area contributed by atoms with E-state index in [4.69, 9.17) is 9.15 Å². The van der Waals surface area contributed by atoms with Crippen molar-refractivity contribution in [1.29, 1.82) is 0 Å². The van der Waals surface area contributed by atoms with Gasteiger partial charge in [-0.2, -0.15) is 4.98 Å². The minimum absolute atomic E-state index is 0.281. The molecule has 1 saturated heterocycles. The maximum absolute atomic E-state index is 10.1. The topological polar surface area (TPSA) is 92.4 Å². The number of anilines is 2. The Hall–Kier alpha value is -2.12. The Morgan fingerprint density at radius 3 is 3.04 bits per heavy atom. The Bertz CT molecular complexity index is 625. The summed E-state index contributed by atoms with van der Waals surface area (Å²) in [7, 11) is 0. The first-order valence-electron chi connectivity index (χ1n) is 7.86. The van der Waals surface area contributed by atoms with Crippen LogP contribution in [0.25, 0.3) is 0 Å². The van der Waals surface area contributed by atoms with Crippen LogP contribution < -0.4 is 10.6 Å². The van der Waals surface area contributed by atoms with Crippen LogP contribution in [-0.4, -0.2) is 40.9 Å². The van der Waals surface area contributed by atoms with E-state index >= 15 is 0 Å². The second kappa shape index (κ2) is 7.43. The summed E-state index contributed by atoms with van der Waals surface area (Å²) in [6, 6.07) is 5.70. The number of hydrogen-bond donors (Lipinski definition) is 3. The number of nitrogens with one attached hydrogen (secondary N) is 2. The molecule has 2 aromatic rings. The fourth-order valence-electron chi connectivity index (χ4n) is 2.51. The van der Waals surface area contributed by atoms with Crippen molar-refractivity contribution in [2.24, 2.45) is 0 Å². The molecule has 0 bridgehead atoms. The summed E-state index contributed by atoms with van der Waals surface area (Å²) >= 11 is 0. The van der Waals surface area contributed by atoms with Crippen LogP contribution in [0.1, 0.15) is 30.5 Å². The van der Waals surface area contributed by atoms with Gasteiger partial charge in [0.05, 0.1) is 19.2 Å². The number of hydrogen-bond acceptors (Lipinski definition) is 7. The largest absolute Gasteiger partial charge is 0.464 e. The summed E-state index contributed by atoms with van der Waals surface area (Å²) in [5.74, 6) is 2.52. The van der Waals surface area contributed by atoms with Gasteiger partial charge in [0.25, 0.3) is 0 Å². The lowest BCUT2D eigenvalue weighted by Crippen LogP contribution is -2.30. The highest BCUT2D eigenvalue weighted by Crippen LogP contribution is 2.17. The van der Waals surface area contributed by atoms with Gasteiger partial charge in [0, 0.05) is 12.8 Å². The molecule has 23 heavy (non-hydrogen) atoms. The molecule has 2 atom stereocenters. The van der Waals surface area contributed by atoms with Gasteiger partial charge in [0.1, 0.15) is 23.4 Å². The van der Waals surface area contributed by atoms with Crippen molar-refractivity contribution in [2.75, 3.05) is 30.4 Å². The molecule has 3 heterocycles. The van der Waals surface area contributed by atoms with E-state index in [-0.39, 0.29) is 12.6 Å². The second-order valence-electron chi connectivity index (χ2n) is 5.67. The molecule has 0 aliphatic carbocycles. The van der Waals surface area contributed by atoms with Gasteiger partial charge in [-0.3, -0.25) is 0 Å². The zero-order valence-electron chi connectivity index (χ0n) is 13.2. The van der Waals surface area contributed by atoms with E-state index in [1.165, 1.54) is 0 Å². The number of aliphatic hydroxyl groups is 1. The molecular formula is C16H22N4O3. The van der Waals surface area contributed by atoms with Crippen LogP contribution in [0.15, 0.2) is 28.8 Å². The zero-order valence-corrected chi connectivity index (χ0v) is 13.2. The van der Waals surface area contributed by atoms with Crippen molar-refractivity contribution >= 4 is 11.8 Å². The molecule has 1 aliphatic heterocycles. The highest BCUT2D eigenvalue weighted by atomic mass is 16.5. The van der Waals surface area contributed by atoms with Gasteiger partial charge in [0.2, 0.25) is 5.95 Å². The van der Waals surface area contributed by atoms with E-state index < -0.39 is 6.10 Å². The van der Waals surface area contributed by atoms with Crippen LogP contribution in [0.5, 0.6) is 0 Å². The lowest BCUT2D eigenvalue weighted by atomic mass is 10.1. The average molecular weight is 318 g/mol. The summed E-state index contributed by atoms with van der Waals surface area (Å²) in [5.41, 5.74) is 0. The Kier molecular flexibility index (Phi) is 5.09. The Labute approximate surface area is 135 Å². The van der Waals surface area contributed by atoms with Gasteiger partial charge < -0.3 is 24.9 Å². The minimum atomic E-state index is -0.740. The number of aromatic nitrogens is 2. The van der Waals surface area contributed by atoms with E-state index in [9.17, 15) is 5.11 Å². The third kappa shape index (κ3) is 4.43. The number of nitrogens with zero attached hydrogens (tertiary/aromatic N) is 2. The van der Waals surface area contributed by atoms with Crippen LogP contribution in [0.3, 0.4) is 0 Å². The second-order valence-corrected chi connectivity index (χ2v) is 5.67. The third-order valence-electron chi connectivity index (χ3n) is 3.71. The molecule has 0 unspecified atom stereocenters. The fraction of sp³-hybridized carbons (Fsp3) is 0.500. The van der Waals surface area contributed by atoms with Gasteiger partial charge in [-0.05, 0) is 38.0 Å². The first-order valence-corrected chi connectivity index (χ1v) is 7.86. The van der Waals surface area contributed by atoms with Gasteiger partial charge in [0.15, 0.2) is 0 Å². The molecule has 0 radical (unpaired) electrons. The SMILES string of the molecule is Cc1ccc([C@@H](O)CNc2nccc(N[C@@H]3CCCOC3)n2)o1. The molecule has 1 aliphatic rings. The highest BCUT2D eigenvalue weighted by Gasteiger charge is 2.15. The summed E-state index contributed by atoms with van der Waals surface area (Å²) in [6.07, 6.45) is 3.08. The van der Waals surface area contributed by atoms with Gasteiger partial charge in [-0.25, -0.2) is 4.98 Å². The van der Waals surface area contributed by atoms with E-state index in [2.05, 4.69) is 20.6 Å². The van der Waals surface area contributed by atoms with Crippen molar-refractivity contribution in [3.8, 4) is 0 Å². The summed E-state index contributed by atoms with van der Waals surface area (Å²) in [5, 5.41) is 16.5. The zero-order chi connectivity index (χ0) is 16.1. The van der Waals surface area contributed by atoms with Crippen molar-refractivity contribution in [2.45, 2.75) is 31.9 Å². The molecule has 3 N–H and O–H groups in total. The monoisotopic (exact) mass is 318 g/mol.